The molecule has 0 radical (unpaired) electrons. The monoisotopic (exact) mass is 441 g/mol. The van der Waals surface area contributed by atoms with Crippen molar-refractivity contribution in [3.8, 4) is 5.69 Å². The summed E-state index contributed by atoms with van der Waals surface area (Å²) in [7, 11) is 0. The minimum atomic E-state index is -1.64. The first-order chi connectivity index (χ1) is 14.0. The standard InChI is InChI=1S/C19H15ClF3N3O4/c1-7(27)5-25-16-12(23)2-8-17(15(16)20)26(6-9(18(8)28)19(29)30)14-4-13(24)10(21)3-11(14)22/h2-4,6-7,25,27H,5,24H2,1H3,(H,29,30)/t7-/m1/s1. The molecule has 3 aromatic rings. The Morgan fingerprint density at radius 1 is 1.23 bits per heavy atom. The minimum absolute atomic E-state index is 0.0998. The van der Waals surface area contributed by atoms with Gasteiger partial charge in [-0.25, -0.2) is 18.0 Å². The van der Waals surface area contributed by atoms with E-state index in [4.69, 9.17) is 17.3 Å². The summed E-state index contributed by atoms with van der Waals surface area (Å²) in [6.45, 7) is 1.34. The summed E-state index contributed by atoms with van der Waals surface area (Å²) in [5.74, 6) is -4.80. The van der Waals surface area contributed by atoms with Crippen LogP contribution >= 0.6 is 11.6 Å². The molecule has 2 aromatic carbocycles. The number of aromatic nitrogens is 1. The lowest BCUT2D eigenvalue weighted by atomic mass is 10.1. The first-order valence-corrected chi connectivity index (χ1v) is 8.88. The molecule has 11 heteroatoms. The molecule has 0 saturated heterocycles. The maximum Gasteiger partial charge on any atom is 0.341 e. The van der Waals surface area contributed by atoms with Crippen molar-refractivity contribution in [2.45, 2.75) is 13.0 Å². The topological polar surface area (TPSA) is 118 Å². The Hall–Kier alpha value is -3.24. The number of pyridine rings is 1. The van der Waals surface area contributed by atoms with Gasteiger partial charge in [-0.1, -0.05) is 11.6 Å². The van der Waals surface area contributed by atoms with Crippen molar-refractivity contribution in [3.63, 3.8) is 0 Å². The number of anilines is 2. The normalized spacial score (nSPS) is 12.2. The van der Waals surface area contributed by atoms with Crippen LogP contribution in [0.2, 0.25) is 5.02 Å². The van der Waals surface area contributed by atoms with Crippen LogP contribution in [0.3, 0.4) is 0 Å². The molecule has 0 fully saturated rings. The highest BCUT2D eigenvalue weighted by molar-refractivity contribution is 6.38. The molecule has 0 aliphatic carbocycles. The van der Waals surface area contributed by atoms with Gasteiger partial charge in [-0.2, -0.15) is 0 Å². The quantitative estimate of drug-likeness (QED) is 0.452. The first-order valence-electron chi connectivity index (χ1n) is 8.50. The number of nitrogens with two attached hydrogens (primary N) is 1. The van der Waals surface area contributed by atoms with E-state index in [9.17, 15) is 33.0 Å². The van der Waals surface area contributed by atoms with E-state index >= 15 is 0 Å². The fourth-order valence-corrected chi connectivity index (χ4v) is 3.26. The van der Waals surface area contributed by atoms with Gasteiger partial charge in [-0.15, -0.1) is 0 Å². The molecule has 1 heterocycles. The van der Waals surface area contributed by atoms with Crippen molar-refractivity contribution in [2.24, 2.45) is 0 Å². The number of rotatable bonds is 5. The molecule has 0 saturated carbocycles. The summed E-state index contributed by atoms with van der Waals surface area (Å²) in [5, 5.41) is 20.5. The van der Waals surface area contributed by atoms with E-state index in [0.29, 0.717) is 6.07 Å². The number of halogens is 4. The number of aliphatic hydroxyl groups is 1. The Bertz CT molecular complexity index is 1240. The lowest BCUT2D eigenvalue weighted by Gasteiger charge is -2.18. The average Bonchev–Trinajstić information content (AvgIpc) is 2.65. The smallest absolute Gasteiger partial charge is 0.341 e. The average molecular weight is 442 g/mol. The number of hydrogen-bond acceptors (Lipinski definition) is 5. The Morgan fingerprint density at radius 2 is 1.90 bits per heavy atom. The van der Waals surface area contributed by atoms with Crippen LogP contribution in [0, 0.1) is 17.5 Å². The number of nitrogen functional groups attached to an aromatic ring is 1. The van der Waals surface area contributed by atoms with Gasteiger partial charge in [0, 0.05) is 18.8 Å². The van der Waals surface area contributed by atoms with Crippen LogP contribution in [0.4, 0.5) is 24.5 Å². The zero-order valence-corrected chi connectivity index (χ0v) is 16.1. The number of aliphatic hydroxyl groups excluding tert-OH is 1. The summed E-state index contributed by atoms with van der Waals surface area (Å²) in [5.41, 5.74) is 2.29. The Morgan fingerprint density at radius 3 is 2.50 bits per heavy atom. The molecular weight excluding hydrogens is 427 g/mol. The number of aromatic carboxylic acids is 1. The van der Waals surface area contributed by atoms with Crippen LogP contribution in [-0.4, -0.2) is 33.4 Å². The van der Waals surface area contributed by atoms with Gasteiger partial charge in [0.2, 0.25) is 5.43 Å². The summed E-state index contributed by atoms with van der Waals surface area (Å²) in [6.07, 6.45) is -0.0765. The van der Waals surface area contributed by atoms with Gasteiger partial charge >= 0.3 is 5.97 Å². The van der Waals surface area contributed by atoms with Crippen LogP contribution in [0.1, 0.15) is 17.3 Å². The molecule has 7 nitrogen and oxygen atoms in total. The van der Waals surface area contributed by atoms with E-state index in [1.807, 2.05) is 0 Å². The fourth-order valence-electron chi connectivity index (χ4n) is 2.91. The predicted octanol–water partition coefficient (Wildman–Crippen LogP) is 3.13. The second-order valence-corrected chi connectivity index (χ2v) is 6.92. The molecule has 3 rings (SSSR count). The van der Waals surface area contributed by atoms with E-state index in [-0.39, 0.29) is 22.8 Å². The van der Waals surface area contributed by atoms with Crippen LogP contribution in [0.5, 0.6) is 0 Å². The number of benzene rings is 2. The van der Waals surface area contributed by atoms with E-state index in [1.165, 1.54) is 6.92 Å². The molecule has 158 valence electrons. The maximum atomic E-state index is 14.6. The molecule has 1 aromatic heterocycles. The number of carboxylic acid groups (broad SMARTS) is 1. The lowest BCUT2D eigenvalue weighted by Crippen LogP contribution is -2.21. The molecule has 0 unspecified atom stereocenters. The predicted molar refractivity (Wildman–Crippen MR) is 106 cm³/mol. The first kappa shape index (κ1) is 21.5. The molecule has 0 amide bonds. The molecular formula is C19H15ClF3N3O4. The zero-order chi connectivity index (χ0) is 22.3. The van der Waals surface area contributed by atoms with Gasteiger partial charge < -0.3 is 25.8 Å². The lowest BCUT2D eigenvalue weighted by molar-refractivity contribution is 0.0695. The highest BCUT2D eigenvalue weighted by Gasteiger charge is 2.23. The highest BCUT2D eigenvalue weighted by atomic mass is 35.5. The Labute approximate surface area is 172 Å². The second kappa shape index (κ2) is 7.88. The molecule has 0 bridgehead atoms. The van der Waals surface area contributed by atoms with Gasteiger partial charge in [0.05, 0.1) is 39.1 Å². The Kier molecular flexibility index (Phi) is 5.64. The van der Waals surface area contributed by atoms with Crippen molar-refractivity contribution in [1.82, 2.24) is 4.57 Å². The van der Waals surface area contributed by atoms with Gasteiger partial charge in [0.25, 0.3) is 0 Å². The summed E-state index contributed by atoms with van der Waals surface area (Å²) >= 11 is 6.29. The summed E-state index contributed by atoms with van der Waals surface area (Å²) < 4.78 is 43.6. The van der Waals surface area contributed by atoms with Crippen LogP contribution < -0.4 is 16.5 Å². The van der Waals surface area contributed by atoms with Crippen LogP contribution in [0.25, 0.3) is 16.6 Å². The third kappa shape index (κ3) is 3.66. The van der Waals surface area contributed by atoms with Crippen molar-refractivity contribution in [2.75, 3.05) is 17.6 Å². The molecule has 0 aliphatic rings. The largest absolute Gasteiger partial charge is 0.477 e. The van der Waals surface area contributed by atoms with E-state index in [0.717, 1.165) is 22.9 Å². The van der Waals surface area contributed by atoms with E-state index in [1.54, 1.807) is 0 Å². The summed E-state index contributed by atoms with van der Waals surface area (Å²) in [6, 6.07) is 2.13. The maximum absolute atomic E-state index is 14.6. The van der Waals surface area contributed by atoms with Crippen molar-refractivity contribution in [1.29, 1.82) is 0 Å². The van der Waals surface area contributed by atoms with E-state index in [2.05, 4.69) is 5.32 Å². The number of nitrogens with one attached hydrogen (secondary N) is 1. The van der Waals surface area contributed by atoms with Crippen molar-refractivity contribution in [3.05, 3.63) is 62.7 Å². The third-order valence-electron chi connectivity index (χ3n) is 4.31. The molecule has 30 heavy (non-hydrogen) atoms. The van der Waals surface area contributed by atoms with Crippen molar-refractivity contribution >= 4 is 39.8 Å². The molecule has 1 atom stereocenters. The zero-order valence-electron chi connectivity index (χ0n) is 15.3. The third-order valence-corrected chi connectivity index (χ3v) is 4.68. The number of fused-ring (bicyclic) bond motifs is 1. The van der Waals surface area contributed by atoms with Crippen molar-refractivity contribution < 1.29 is 28.2 Å². The minimum Gasteiger partial charge on any atom is -0.477 e. The van der Waals surface area contributed by atoms with E-state index < -0.39 is 57.3 Å². The highest BCUT2D eigenvalue weighted by Crippen LogP contribution is 2.35. The molecule has 0 aliphatic heterocycles. The van der Waals surface area contributed by atoms with Crippen LogP contribution in [0.15, 0.2) is 29.2 Å². The Balaban J connectivity index is 2.47. The molecule has 0 spiro atoms. The van der Waals surface area contributed by atoms with Crippen LogP contribution in [-0.2, 0) is 0 Å². The fraction of sp³-hybridized carbons (Fsp3) is 0.158. The number of carboxylic acids is 1. The van der Waals surface area contributed by atoms with Gasteiger partial charge in [-0.3, -0.25) is 4.79 Å². The number of carbonyl (C=O) groups is 1. The second-order valence-electron chi connectivity index (χ2n) is 6.55. The SMILES string of the molecule is C[C@@H](O)CNc1c(F)cc2c(=O)c(C(=O)O)cn(-c3cc(N)c(F)cc3F)c2c1Cl. The molecule has 5 N–H and O–H groups in total. The van der Waals surface area contributed by atoms with Gasteiger partial charge in [0.1, 0.15) is 23.0 Å². The summed E-state index contributed by atoms with van der Waals surface area (Å²) in [4.78, 5) is 24.1. The van der Waals surface area contributed by atoms with Gasteiger partial charge in [0.15, 0.2) is 0 Å². The number of nitrogens with zero attached hydrogens (tertiary/aromatic N) is 1. The number of hydrogen-bond donors (Lipinski definition) is 4. The van der Waals surface area contributed by atoms with Gasteiger partial charge in [-0.05, 0) is 19.1 Å².